The van der Waals surface area contributed by atoms with Crippen molar-refractivity contribution in [2.45, 2.75) is 70.3 Å². The van der Waals surface area contributed by atoms with Crippen LogP contribution in [0.5, 0.6) is 0 Å². The van der Waals surface area contributed by atoms with Gasteiger partial charge in [-0.15, -0.1) is 0 Å². The molecule has 3 unspecified atom stereocenters. The molecule has 1 aromatic carbocycles. The molecule has 0 radical (unpaired) electrons. The molecule has 0 aromatic heterocycles. The minimum atomic E-state index is -0.250. The van der Waals surface area contributed by atoms with Gasteiger partial charge in [-0.1, -0.05) is 56.9 Å². The molecule has 1 heteroatoms. The van der Waals surface area contributed by atoms with Crippen molar-refractivity contribution >= 4 is 0 Å². The van der Waals surface area contributed by atoms with Gasteiger partial charge >= 0.3 is 0 Å². The van der Waals surface area contributed by atoms with Crippen molar-refractivity contribution in [3.63, 3.8) is 0 Å². The van der Waals surface area contributed by atoms with Crippen molar-refractivity contribution in [1.82, 2.24) is 0 Å². The van der Waals surface area contributed by atoms with Crippen LogP contribution in [0, 0.1) is 11.8 Å². The minimum absolute atomic E-state index is 0.250. The quantitative estimate of drug-likeness (QED) is 0.798. The van der Waals surface area contributed by atoms with Crippen LogP contribution in [-0.2, 0) is 0 Å². The molecular weight excluding hydrogens is 244 g/mol. The largest absolute Gasteiger partial charge is 0.388 e. The number of benzene rings is 1. The molecule has 0 saturated heterocycles. The summed E-state index contributed by atoms with van der Waals surface area (Å²) in [5, 5.41) is 10.7. The summed E-state index contributed by atoms with van der Waals surface area (Å²) >= 11 is 0. The second kappa shape index (κ2) is 6.30. The lowest BCUT2D eigenvalue weighted by atomic mass is 9.75. The molecule has 0 bridgehead atoms. The predicted octanol–water partition coefficient (Wildman–Crippen LogP) is 5.20. The Bertz CT molecular complexity index is 418. The van der Waals surface area contributed by atoms with E-state index in [0.29, 0.717) is 5.92 Å². The van der Waals surface area contributed by atoms with E-state index in [0.717, 1.165) is 17.4 Å². The third-order valence-corrected chi connectivity index (χ3v) is 5.70. The first-order chi connectivity index (χ1) is 9.78. The molecule has 3 atom stereocenters. The van der Waals surface area contributed by atoms with Crippen LogP contribution in [0.4, 0.5) is 0 Å². The van der Waals surface area contributed by atoms with Crippen molar-refractivity contribution in [3.8, 4) is 0 Å². The lowest BCUT2D eigenvalue weighted by Crippen LogP contribution is -2.21. The van der Waals surface area contributed by atoms with Gasteiger partial charge in [-0.2, -0.15) is 0 Å². The van der Waals surface area contributed by atoms with Gasteiger partial charge in [0.15, 0.2) is 0 Å². The van der Waals surface area contributed by atoms with Gasteiger partial charge in [0, 0.05) is 0 Å². The summed E-state index contributed by atoms with van der Waals surface area (Å²) in [4.78, 5) is 0. The van der Waals surface area contributed by atoms with Gasteiger partial charge in [-0.3, -0.25) is 0 Å². The van der Waals surface area contributed by atoms with Crippen molar-refractivity contribution in [1.29, 1.82) is 0 Å². The topological polar surface area (TPSA) is 20.2 Å². The van der Waals surface area contributed by atoms with E-state index in [-0.39, 0.29) is 6.10 Å². The first-order valence-corrected chi connectivity index (χ1v) is 8.56. The molecule has 3 rings (SSSR count). The molecule has 2 aliphatic carbocycles. The average Bonchev–Trinajstić information content (AvgIpc) is 2.45. The fourth-order valence-electron chi connectivity index (χ4n) is 3.97. The molecule has 0 heterocycles. The van der Waals surface area contributed by atoms with Crippen molar-refractivity contribution in [3.05, 3.63) is 35.4 Å². The van der Waals surface area contributed by atoms with Gasteiger partial charge < -0.3 is 5.11 Å². The zero-order valence-corrected chi connectivity index (χ0v) is 12.7. The number of hydrogen-bond acceptors (Lipinski definition) is 1. The van der Waals surface area contributed by atoms with Crippen molar-refractivity contribution in [2.75, 3.05) is 0 Å². The smallest absolute Gasteiger partial charge is 0.0818 e. The highest BCUT2D eigenvalue weighted by atomic mass is 16.3. The summed E-state index contributed by atoms with van der Waals surface area (Å²) in [6.07, 6.45) is 10.2. The molecule has 2 fully saturated rings. The van der Waals surface area contributed by atoms with E-state index >= 15 is 0 Å². The van der Waals surface area contributed by atoms with Crippen molar-refractivity contribution < 1.29 is 5.11 Å². The first-order valence-electron chi connectivity index (χ1n) is 8.56. The fraction of sp³-hybridized carbons (Fsp3) is 0.684. The highest BCUT2D eigenvalue weighted by Gasteiger charge is 2.27. The van der Waals surface area contributed by atoms with E-state index in [9.17, 15) is 5.11 Å². The van der Waals surface area contributed by atoms with Gasteiger partial charge in [0.1, 0.15) is 0 Å². The molecule has 0 amide bonds. The Kier molecular flexibility index (Phi) is 4.45. The van der Waals surface area contributed by atoms with Crippen LogP contribution in [-0.4, -0.2) is 5.11 Å². The Morgan fingerprint density at radius 2 is 1.75 bits per heavy atom. The highest BCUT2D eigenvalue weighted by molar-refractivity contribution is 5.28. The summed E-state index contributed by atoms with van der Waals surface area (Å²) in [7, 11) is 0. The summed E-state index contributed by atoms with van der Waals surface area (Å²) < 4.78 is 0. The summed E-state index contributed by atoms with van der Waals surface area (Å²) in [6.45, 7) is 2.28. The Hall–Kier alpha value is -0.820. The Morgan fingerprint density at radius 3 is 2.35 bits per heavy atom. The summed E-state index contributed by atoms with van der Waals surface area (Å²) in [5.74, 6) is 2.10. The van der Waals surface area contributed by atoms with E-state index in [1.807, 2.05) is 0 Å². The molecule has 1 aromatic rings. The Balaban J connectivity index is 1.65. The highest BCUT2D eigenvalue weighted by Crippen LogP contribution is 2.40. The molecule has 20 heavy (non-hydrogen) atoms. The lowest BCUT2D eigenvalue weighted by Gasteiger charge is -2.32. The van der Waals surface area contributed by atoms with Gasteiger partial charge in [-0.05, 0) is 54.6 Å². The van der Waals surface area contributed by atoms with Crippen LogP contribution < -0.4 is 0 Å². The van der Waals surface area contributed by atoms with Crippen LogP contribution in [0.1, 0.15) is 81.4 Å². The van der Waals surface area contributed by atoms with Gasteiger partial charge in [0.25, 0.3) is 0 Å². The van der Waals surface area contributed by atoms with E-state index in [1.54, 1.807) is 0 Å². The van der Waals surface area contributed by atoms with Crippen LogP contribution in [0.2, 0.25) is 0 Å². The molecular formula is C19H28O. The fourth-order valence-corrected chi connectivity index (χ4v) is 3.97. The SMILES string of the molecule is CCC1CCCC(C(O)c2ccc(C3CCC3)cc2)C1. The monoisotopic (exact) mass is 272 g/mol. The van der Waals surface area contributed by atoms with Crippen LogP contribution >= 0.6 is 0 Å². The zero-order valence-electron chi connectivity index (χ0n) is 12.7. The third kappa shape index (κ3) is 2.93. The van der Waals surface area contributed by atoms with E-state index in [1.165, 1.54) is 56.9 Å². The normalized spacial score (nSPS) is 28.9. The number of aliphatic hydroxyl groups is 1. The second-order valence-corrected chi connectivity index (χ2v) is 6.94. The Morgan fingerprint density at radius 1 is 1.05 bits per heavy atom. The van der Waals surface area contributed by atoms with Crippen molar-refractivity contribution in [2.24, 2.45) is 11.8 Å². The Labute approximate surface area is 123 Å². The van der Waals surface area contributed by atoms with Crippen LogP contribution in [0.15, 0.2) is 24.3 Å². The zero-order chi connectivity index (χ0) is 13.9. The molecule has 2 aliphatic rings. The maximum absolute atomic E-state index is 10.7. The van der Waals surface area contributed by atoms with Crippen LogP contribution in [0.25, 0.3) is 0 Å². The number of hydrogen-bond donors (Lipinski definition) is 1. The van der Waals surface area contributed by atoms with E-state index in [4.69, 9.17) is 0 Å². The molecule has 1 nitrogen and oxygen atoms in total. The standard InChI is InChI=1S/C19H28O/c1-2-14-5-3-8-18(13-14)19(20)17-11-9-16(10-12-17)15-6-4-7-15/h9-12,14-15,18-20H,2-8,13H2,1H3. The van der Waals surface area contributed by atoms with E-state index in [2.05, 4.69) is 31.2 Å². The minimum Gasteiger partial charge on any atom is -0.388 e. The third-order valence-electron chi connectivity index (χ3n) is 5.70. The summed E-state index contributed by atoms with van der Waals surface area (Å²) in [6, 6.07) is 8.85. The maximum Gasteiger partial charge on any atom is 0.0818 e. The molecule has 2 saturated carbocycles. The van der Waals surface area contributed by atoms with Gasteiger partial charge in [-0.25, -0.2) is 0 Å². The maximum atomic E-state index is 10.7. The molecule has 110 valence electrons. The van der Waals surface area contributed by atoms with Gasteiger partial charge in [0.05, 0.1) is 6.10 Å². The molecule has 0 aliphatic heterocycles. The lowest BCUT2D eigenvalue weighted by molar-refractivity contribution is 0.0678. The number of aliphatic hydroxyl groups excluding tert-OH is 1. The first kappa shape index (κ1) is 14.1. The van der Waals surface area contributed by atoms with E-state index < -0.39 is 0 Å². The van der Waals surface area contributed by atoms with Gasteiger partial charge in [0.2, 0.25) is 0 Å². The average molecular weight is 272 g/mol. The number of rotatable bonds is 4. The van der Waals surface area contributed by atoms with Crippen LogP contribution in [0.3, 0.4) is 0 Å². The predicted molar refractivity (Wildman–Crippen MR) is 83.7 cm³/mol. The second-order valence-electron chi connectivity index (χ2n) is 6.94. The molecule has 0 spiro atoms. The summed E-state index contributed by atoms with van der Waals surface area (Å²) in [5.41, 5.74) is 2.61. The molecule has 1 N–H and O–H groups in total.